The molecule has 3 nitrogen and oxygen atoms in total. The number of benzene rings is 5. The number of nitrogens with one attached hydrogen (secondary N) is 2. The minimum absolute atomic E-state index is 0.778. The molecular formula is C29H23N3. The normalized spacial score (nSPS) is 11.4. The van der Waals surface area contributed by atoms with Gasteiger partial charge < -0.3 is 10.6 Å². The van der Waals surface area contributed by atoms with Gasteiger partial charge in [-0.3, -0.25) is 4.98 Å². The Balaban J connectivity index is 1.43. The molecule has 0 unspecified atom stereocenters. The van der Waals surface area contributed by atoms with Crippen molar-refractivity contribution in [2.45, 2.75) is 13.1 Å². The molecule has 0 saturated carbocycles. The average Bonchev–Trinajstić information content (AvgIpc) is 2.86. The summed E-state index contributed by atoms with van der Waals surface area (Å²) in [6.45, 7) is 1.58. The van der Waals surface area contributed by atoms with Gasteiger partial charge in [-0.15, -0.1) is 0 Å². The minimum atomic E-state index is 0.778. The Hall–Kier alpha value is -4.11. The monoisotopic (exact) mass is 413 g/mol. The van der Waals surface area contributed by atoms with Crippen LogP contribution in [0.3, 0.4) is 0 Å². The predicted molar refractivity (Wildman–Crippen MR) is 135 cm³/mol. The molecule has 6 aromatic rings. The van der Waals surface area contributed by atoms with E-state index in [1.165, 1.54) is 43.4 Å². The molecule has 0 saturated heterocycles. The SMILES string of the molecule is c1ccc(NCc2ccc3ccc4c(CNc5ccncc5)ccc5ccc2c3c54)cc1. The van der Waals surface area contributed by atoms with Crippen molar-refractivity contribution in [1.29, 1.82) is 0 Å². The van der Waals surface area contributed by atoms with Gasteiger partial charge in [0.1, 0.15) is 0 Å². The van der Waals surface area contributed by atoms with Gasteiger partial charge >= 0.3 is 0 Å². The van der Waals surface area contributed by atoms with E-state index in [4.69, 9.17) is 0 Å². The quantitative estimate of drug-likeness (QED) is 0.283. The second-order valence-electron chi connectivity index (χ2n) is 8.18. The van der Waals surface area contributed by atoms with E-state index >= 15 is 0 Å². The van der Waals surface area contributed by atoms with Crippen LogP contribution >= 0.6 is 0 Å². The van der Waals surface area contributed by atoms with Crippen molar-refractivity contribution >= 4 is 43.7 Å². The zero-order valence-corrected chi connectivity index (χ0v) is 17.7. The smallest absolute Gasteiger partial charge is 0.0406 e. The summed E-state index contributed by atoms with van der Waals surface area (Å²) < 4.78 is 0. The Kier molecular flexibility index (Phi) is 4.58. The second-order valence-corrected chi connectivity index (χ2v) is 8.18. The second kappa shape index (κ2) is 7.86. The van der Waals surface area contributed by atoms with Crippen molar-refractivity contribution in [2.75, 3.05) is 10.6 Å². The summed E-state index contributed by atoms with van der Waals surface area (Å²) >= 11 is 0. The third kappa shape index (κ3) is 3.28. The van der Waals surface area contributed by atoms with Crippen LogP contribution in [0.15, 0.2) is 103 Å². The summed E-state index contributed by atoms with van der Waals surface area (Å²) in [7, 11) is 0. The number of aromatic nitrogens is 1. The first-order valence-electron chi connectivity index (χ1n) is 11.0. The number of anilines is 2. The molecule has 6 rings (SSSR count). The minimum Gasteiger partial charge on any atom is -0.381 e. The highest BCUT2D eigenvalue weighted by Crippen LogP contribution is 2.37. The van der Waals surface area contributed by atoms with E-state index in [0.29, 0.717) is 0 Å². The highest BCUT2D eigenvalue weighted by molar-refractivity contribution is 6.24. The summed E-state index contributed by atoms with van der Waals surface area (Å²) in [5, 5.41) is 15.0. The van der Waals surface area contributed by atoms with Crippen molar-refractivity contribution in [2.24, 2.45) is 0 Å². The van der Waals surface area contributed by atoms with Crippen molar-refractivity contribution < 1.29 is 0 Å². The number of hydrogen-bond donors (Lipinski definition) is 2. The molecule has 0 radical (unpaired) electrons. The van der Waals surface area contributed by atoms with Crippen LogP contribution in [0, 0.1) is 0 Å². The van der Waals surface area contributed by atoms with E-state index in [2.05, 4.69) is 88.4 Å². The van der Waals surface area contributed by atoms with Gasteiger partial charge in [-0.1, -0.05) is 66.7 Å². The van der Waals surface area contributed by atoms with Gasteiger partial charge in [-0.05, 0) is 67.7 Å². The Bertz CT molecular complexity index is 1390. The zero-order valence-electron chi connectivity index (χ0n) is 17.7. The van der Waals surface area contributed by atoms with E-state index in [-0.39, 0.29) is 0 Å². The molecule has 0 bridgehead atoms. The highest BCUT2D eigenvalue weighted by Gasteiger charge is 2.13. The number of para-hydroxylation sites is 1. The van der Waals surface area contributed by atoms with E-state index in [0.717, 1.165) is 24.5 Å². The average molecular weight is 414 g/mol. The van der Waals surface area contributed by atoms with Crippen molar-refractivity contribution in [3.63, 3.8) is 0 Å². The summed E-state index contributed by atoms with van der Waals surface area (Å²) in [6, 6.07) is 32.5. The lowest BCUT2D eigenvalue weighted by atomic mass is 9.90. The third-order valence-electron chi connectivity index (χ3n) is 6.27. The van der Waals surface area contributed by atoms with Gasteiger partial charge in [0.2, 0.25) is 0 Å². The first-order valence-corrected chi connectivity index (χ1v) is 11.0. The summed E-state index contributed by atoms with van der Waals surface area (Å²) in [5.74, 6) is 0. The van der Waals surface area contributed by atoms with Crippen LogP contribution in [0.4, 0.5) is 11.4 Å². The van der Waals surface area contributed by atoms with E-state index in [1.807, 2.05) is 30.6 Å². The Morgan fingerprint density at radius 2 is 1.00 bits per heavy atom. The lowest BCUT2D eigenvalue weighted by molar-refractivity contribution is 1.16. The fraction of sp³-hybridized carbons (Fsp3) is 0.0690. The zero-order chi connectivity index (χ0) is 21.3. The standard InChI is InChI=1S/C29H23N3/c1-2-4-24(5-3-1)31-18-22-8-6-20-11-13-27-23(19-32-25-14-16-30-17-15-25)9-7-21-10-12-26(22)28(20)29(21)27/h1-17,31H,18-19H2,(H,30,32). The van der Waals surface area contributed by atoms with E-state index in [1.54, 1.807) is 0 Å². The van der Waals surface area contributed by atoms with Crippen LogP contribution in [0.5, 0.6) is 0 Å². The van der Waals surface area contributed by atoms with Crippen molar-refractivity contribution in [3.05, 3.63) is 115 Å². The van der Waals surface area contributed by atoms with Crippen LogP contribution in [-0.4, -0.2) is 4.98 Å². The highest BCUT2D eigenvalue weighted by atomic mass is 14.9. The molecule has 154 valence electrons. The largest absolute Gasteiger partial charge is 0.381 e. The van der Waals surface area contributed by atoms with Crippen molar-refractivity contribution in [1.82, 2.24) is 4.98 Å². The van der Waals surface area contributed by atoms with E-state index in [9.17, 15) is 0 Å². The fourth-order valence-electron chi connectivity index (χ4n) is 4.65. The molecule has 0 aliphatic carbocycles. The van der Waals surface area contributed by atoms with Crippen molar-refractivity contribution in [3.8, 4) is 0 Å². The first kappa shape index (κ1) is 18.6. The number of pyridine rings is 1. The molecular weight excluding hydrogens is 390 g/mol. The molecule has 5 aromatic carbocycles. The molecule has 2 N–H and O–H groups in total. The maximum Gasteiger partial charge on any atom is 0.0406 e. The maximum absolute atomic E-state index is 4.10. The predicted octanol–water partition coefficient (Wildman–Crippen LogP) is 7.20. The molecule has 1 aromatic heterocycles. The number of hydrogen-bond acceptors (Lipinski definition) is 3. The fourth-order valence-corrected chi connectivity index (χ4v) is 4.65. The molecule has 0 atom stereocenters. The lowest BCUT2D eigenvalue weighted by Gasteiger charge is -2.17. The molecule has 0 amide bonds. The van der Waals surface area contributed by atoms with Crippen LogP contribution < -0.4 is 10.6 Å². The Morgan fingerprint density at radius 3 is 1.56 bits per heavy atom. The van der Waals surface area contributed by atoms with Gasteiger partial charge in [-0.25, -0.2) is 0 Å². The molecule has 0 aliphatic rings. The summed E-state index contributed by atoms with van der Waals surface area (Å²) in [5.41, 5.74) is 4.84. The van der Waals surface area contributed by atoms with Gasteiger partial charge in [0.05, 0.1) is 0 Å². The Morgan fingerprint density at radius 1 is 0.500 bits per heavy atom. The molecule has 32 heavy (non-hydrogen) atoms. The Labute approximate surface area is 187 Å². The summed E-state index contributed by atoms with van der Waals surface area (Å²) in [6.07, 6.45) is 3.63. The van der Waals surface area contributed by atoms with Crippen LogP contribution in [0.2, 0.25) is 0 Å². The van der Waals surface area contributed by atoms with Gasteiger partial charge in [-0.2, -0.15) is 0 Å². The van der Waals surface area contributed by atoms with Gasteiger partial charge in [0.25, 0.3) is 0 Å². The molecule has 0 fully saturated rings. The van der Waals surface area contributed by atoms with Crippen LogP contribution in [0.25, 0.3) is 32.3 Å². The molecule has 1 heterocycles. The number of rotatable bonds is 6. The van der Waals surface area contributed by atoms with Gasteiger partial charge in [0.15, 0.2) is 0 Å². The molecule has 0 spiro atoms. The van der Waals surface area contributed by atoms with Crippen LogP contribution in [-0.2, 0) is 13.1 Å². The first-order chi connectivity index (χ1) is 15.9. The van der Waals surface area contributed by atoms with E-state index < -0.39 is 0 Å². The lowest BCUT2D eigenvalue weighted by Crippen LogP contribution is -2.02. The van der Waals surface area contributed by atoms with Crippen LogP contribution in [0.1, 0.15) is 11.1 Å². The third-order valence-corrected chi connectivity index (χ3v) is 6.27. The molecule has 3 heteroatoms. The molecule has 0 aliphatic heterocycles. The number of nitrogens with zero attached hydrogens (tertiary/aromatic N) is 1. The van der Waals surface area contributed by atoms with Gasteiger partial charge in [0, 0.05) is 36.9 Å². The topological polar surface area (TPSA) is 37.0 Å². The maximum atomic E-state index is 4.10. The summed E-state index contributed by atoms with van der Waals surface area (Å²) in [4.78, 5) is 4.10.